The van der Waals surface area contributed by atoms with Crippen molar-refractivity contribution in [2.24, 2.45) is 0 Å². The second-order valence-electron chi connectivity index (χ2n) is 3.98. The van der Waals surface area contributed by atoms with Gasteiger partial charge in [0, 0.05) is 23.4 Å². The molecule has 0 aliphatic rings. The van der Waals surface area contributed by atoms with Gasteiger partial charge < -0.3 is 10.5 Å². The molecule has 0 amide bonds. The number of para-hydroxylation sites is 1. The summed E-state index contributed by atoms with van der Waals surface area (Å²) >= 11 is 5.81. The number of nitrogens with zero attached hydrogens (tertiary/aromatic N) is 1. The summed E-state index contributed by atoms with van der Waals surface area (Å²) in [6.45, 7) is -0.117. The standard InChI is InChI=1S/C13H10ClFN2O3/c14-10-2-1-3-11(15)13(10)20-7-8-6-9(17(18)19)4-5-12(8)16/h1-6H,7,16H2. The van der Waals surface area contributed by atoms with Crippen LogP contribution in [0.25, 0.3) is 0 Å². The number of halogens is 2. The minimum atomic E-state index is -0.610. The molecular formula is C13H10ClFN2O3. The molecule has 20 heavy (non-hydrogen) atoms. The van der Waals surface area contributed by atoms with Gasteiger partial charge in [0.25, 0.3) is 5.69 Å². The Morgan fingerprint density at radius 3 is 2.75 bits per heavy atom. The maximum Gasteiger partial charge on any atom is 0.269 e. The van der Waals surface area contributed by atoms with Crippen molar-refractivity contribution in [2.75, 3.05) is 5.73 Å². The zero-order valence-corrected chi connectivity index (χ0v) is 10.9. The van der Waals surface area contributed by atoms with Crippen molar-refractivity contribution < 1.29 is 14.1 Å². The number of anilines is 1. The number of benzene rings is 2. The van der Waals surface area contributed by atoms with Crippen LogP contribution in [0.5, 0.6) is 5.75 Å². The van der Waals surface area contributed by atoms with Crippen LogP contribution in [0.1, 0.15) is 5.56 Å². The van der Waals surface area contributed by atoms with E-state index in [1.54, 1.807) is 0 Å². The van der Waals surface area contributed by atoms with Crippen LogP contribution in [0, 0.1) is 15.9 Å². The van der Waals surface area contributed by atoms with Crippen molar-refractivity contribution in [1.29, 1.82) is 0 Å². The van der Waals surface area contributed by atoms with Crippen molar-refractivity contribution in [3.8, 4) is 5.75 Å². The van der Waals surface area contributed by atoms with Gasteiger partial charge in [-0.3, -0.25) is 10.1 Å². The van der Waals surface area contributed by atoms with Crippen molar-refractivity contribution in [1.82, 2.24) is 0 Å². The van der Waals surface area contributed by atoms with E-state index in [0.29, 0.717) is 11.3 Å². The molecule has 0 saturated heterocycles. The monoisotopic (exact) mass is 296 g/mol. The average Bonchev–Trinajstić information content (AvgIpc) is 2.39. The van der Waals surface area contributed by atoms with Crippen LogP contribution in [0.3, 0.4) is 0 Å². The fourth-order valence-electron chi connectivity index (χ4n) is 1.60. The molecule has 0 bridgehead atoms. The van der Waals surface area contributed by atoms with Gasteiger partial charge in [0.1, 0.15) is 6.61 Å². The first kappa shape index (κ1) is 14.1. The molecular weight excluding hydrogens is 287 g/mol. The summed E-state index contributed by atoms with van der Waals surface area (Å²) in [6, 6.07) is 8.11. The highest BCUT2D eigenvalue weighted by atomic mass is 35.5. The smallest absolute Gasteiger partial charge is 0.269 e. The molecule has 0 aromatic heterocycles. The molecule has 2 aromatic carbocycles. The minimum Gasteiger partial charge on any atom is -0.484 e. The Bertz CT molecular complexity index is 644. The first-order valence-electron chi connectivity index (χ1n) is 5.58. The van der Waals surface area contributed by atoms with E-state index in [-0.39, 0.29) is 23.1 Å². The fraction of sp³-hybridized carbons (Fsp3) is 0.0769. The molecule has 2 N–H and O–H groups in total. The van der Waals surface area contributed by atoms with Crippen molar-refractivity contribution in [3.63, 3.8) is 0 Å². The van der Waals surface area contributed by atoms with E-state index < -0.39 is 10.7 Å². The summed E-state index contributed by atoms with van der Waals surface area (Å²) in [5, 5.41) is 10.8. The normalized spacial score (nSPS) is 10.3. The molecule has 2 rings (SSSR count). The lowest BCUT2D eigenvalue weighted by Crippen LogP contribution is -2.03. The Morgan fingerprint density at radius 1 is 1.35 bits per heavy atom. The Hall–Kier alpha value is -2.34. The number of rotatable bonds is 4. The molecule has 2 aromatic rings. The van der Waals surface area contributed by atoms with Gasteiger partial charge in [0.15, 0.2) is 11.6 Å². The Kier molecular flexibility index (Phi) is 4.05. The number of non-ortho nitro benzene ring substituents is 1. The van der Waals surface area contributed by atoms with Gasteiger partial charge in [0.05, 0.1) is 9.95 Å². The number of hydrogen-bond donors (Lipinski definition) is 1. The number of nitro benzene ring substituents is 1. The van der Waals surface area contributed by atoms with Gasteiger partial charge in [-0.05, 0) is 18.2 Å². The first-order chi connectivity index (χ1) is 9.49. The maximum absolute atomic E-state index is 13.5. The molecule has 0 fully saturated rings. The molecule has 0 heterocycles. The third-order valence-electron chi connectivity index (χ3n) is 2.63. The van der Waals surface area contributed by atoms with Crippen LogP contribution in [-0.4, -0.2) is 4.92 Å². The Morgan fingerprint density at radius 2 is 2.10 bits per heavy atom. The molecule has 7 heteroatoms. The lowest BCUT2D eigenvalue weighted by molar-refractivity contribution is -0.384. The summed E-state index contributed by atoms with van der Waals surface area (Å²) in [6.07, 6.45) is 0. The van der Waals surface area contributed by atoms with E-state index in [4.69, 9.17) is 22.1 Å². The van der Waals surface area contributed by atoms with Gasteiger partial charge in [-0.2, -0.15) is 0 Å². The van der Waals surface area contributed by atoms with Crippen LogP contribution >= 0.6 is 11.6 Å². The number of nitrogen functional groups attached to an aromatic ring is 1. The quantitative estimate of drug-likeness (QED) is 0.531. The van der Waals surface area contributed by atoms with Crippen molar-refractivity contribution >= 4 is 23.0 Å². The van der Waals surface area contributed by atoms with E-state index in [1.807, 2.05) is 0 Å². The summed E-state index contributed by atoms with van der Waals surface area (Å²) in [5.74, 6) is -0.721. The fourth-order valence-corrected chi connectivity index (χ4v) is 1.82. The predicted molar refractivity (Wildman–Crippen MR) is 73.3 cm³/mol. The van der Waals surface area contributed by atoms with Gasteiger partial charge in [-0.1, -0.05) is 17.7 Å². The summed E-state index contributed by atoms with van der Waals surface area (Å²) < 4.78 is 18.8. The van der Waals surface area contributed by atoms with E-state index in [1.165, 1.54) is 36.4 Å². The average molecular weight is 297 g/mol. The van der Waals surface area contributed by atoms with Crippen LogP contribution < -0.4 is 10.5 Å². The maximum atomic E-state index is 13.5. The number of hydrogen-bond acceptors (Lipinski definition) is 4. The third kappa shape index (κ3) is 2.97. The molecule has 104 valence electrons. The second-order valence-corrected chi connectivity index (χ2v) is 4.39. The van der Waals surface area contributed by atoms with Crippen molar-refractivity contribution in [2.45, 2.75) is 6.61 Å². The number of nitrogens with two attached hydrogens (primary N) is 1. The van der Waals surface area contributed by atoms with E-state index in [9.17, 15) is 14.5 Å². The van der Waals surface area contributed by atoms with Crippen LogP contribution in [0.15, 0.2) is 36.4 Å². The molecule has 0 atom stereocenters. The molecule has 0 unspecified atom stereocenters. The molecule has 5 nitrogen and oxygen atoms in total. The minimum absolute atomic E-state index is 0.111. The molecule has 0 aliphatic heterocycles. The zero-order valence-electron chi connectivity index (χ0n) is 10.2. The molecule has 0 radical (unpaired) electrons. The highest BCUT2D eigenvalue weighted by Gasteiger charge is 2.12. The highest BCUT2D eigenvalue weighted by molar-refractivity contribution is 6.32. The number of ether oxygens (including phenoxy) is 1. The lowest BCUT2D eigenvalue weighted by atomic mass is 10.1. The van der Waals surface area contributed by atoms with Gasteiger partial charge in [-0.25, -0.2) is 4.39 Å². The molecule has 0 saturated carbocycles. The predicted octanol–water partition coefficient (Wildman–Crippen LogP) is 3.55. The van der Waals surface area contributed by atoms with E-state index >= 15 is 0 Å². The van der Waals surface area contributed by atoms with Crippen molar-refractivity contribution in [3.05, 3.63) is 62.9 Å². The van der Waals surface area contributed by atoms with Gasteiger partial charge >= 0.3 is 0 Å². The lowest BCUT2D eigenvalue weighted by Gasteiger charge is -2.10. The summed E-state index contributed by atoms with van der Waals surface area (Å²) in [7, 11) is 0. The van der Waals surface area contributed by atoms with E-state index in [2.05, 4.69) is 0 Å². The van der Waals surface area contributed by atoms with Crippen LogP contribution in [0.2, 0.25) is 5.02 Å². The van der Waals surface area contributed by atoms with Crippen LogP contribution in [0.4, 0.5) is 15.8 Å². The third-order valence-corrected chi connectivity index (χ3v) is 2.93. The summed E-state index contributed by atoms with van der Waals surface area (Å²) in [4.78, 5) is 10.1. The highest BCUT2D eigenvalue weighted by Crippen LogP contribution is 2.29. The van der Waals surface area contributed by atoms with Gasteiger partial charge in [-0.15, -0.1) is 0 Å². The topological polar surface area (TPSA) is 78.4 Å². The summed E-state index contributed by atoms with van der Waals surface area (Å²) in [5.41, 5.74) is 6.30. The molecule has 0 spiro atoms. The molecule has 0 aliphatic carbocycles. The number of nitro groups is 1. The van der Waals surface area contributed by atoms with Crippen LogP contribution in [-0.2, 0) is 6.61 Å². The zero-order chi connectivity index (χ0) is 14.7. The largest absolute Gasteiger partial charge is 0.484 e. The second kappa shape index (κ2) is 5.75. The van der Waals surface area contributed by atoms with Gasteiger partial charge in [0.2, 0.25) is 0 Å². The Labute approximate surface area is 118 Å². The SMILES string of the molecule is Nc1ccc([N+](=O)[O-])cc1COc1c(F)cccc1Cl. The Balaban J connectivity index is 2.23. The van der Waals surface area contributed by atoms with E-state index in [0.717, 1.165) is 0 Å². The first-order valence-corrected chi connectivity index (χ1v) is 5.96.